The third-order valence-electron chi connectivity index (χ3n) is 5.87. The zero-order chi connectivity index (χ0) is 24.1. The molecule has 2 aromatic carbocycles. The highest BCUT2D eigenvalue weighted by atomic mass is 16.5. The molecule has 3 rings (SSSR count). The molecule has 0 bridgehead atoms. The van der Waals surface area contributed by atoms with Gasteiger partial charge in [-0.15, -0.1) is 0 Å². The molecule has 1 aliphatic heterocycles. The van der Waals surface area contributed by atoms with Gasteiger partial charge in [0.05, 0.1) is 0 Å². The van der Waals surface area contributed by atoms with E-state index in [0.29, 0.717) is 36.5 Å². The van der Waals surface area contributed by atoms with Crippen molar-refractivity contribution < 1.29 is 39.1 Å². The fourth-order valence-electron chi connectivity index (χ4n) is 3.67. The Hall–Kier alpha value is -2.94. The fraction of sp³-hybridized carbons (Fsp3) is 0.440. The first-order valence-corrected chi connectivity index (χ1v) is 10.9. The van der Waals surface area contributed by atoms with Gasteiger partial charge in [-0.25, -0.2) is 4.79 Å². The molecular formula is C25H30O8. The molecule has 0 radical (unpaired) electrons. The third-order valence-corrected chi connectivity index (χ3v) is 5.87. The number of aliphatic hydroxyl groups excluding tert-OH is 1. The molecule has 178 valence electrons. The highest BCUT2D eigenvalue weighted by Gasteiger charge is 2.43. The number of aliphatic carboxylic acids is 1. The predicted octanol–water partition coefficient (Wildman–Crippen LogP) is 2.48. The van der Waals surface area contributed by atoms with Crippen molar-refractivity contribution in [1.29, 1.82) is 0 Å². The lowest BCUT2D eigenvalue weighted by Crippen LogP contribution is -2.40. The summed E-state index contributed by atoms with van der Waals surface area (Å²) in [6.45, 7) is 3.17. The van der Waals surface area contributed by atoms with Gasteiger partial charge in [-0.1, -0.05) is 24.3 Å². The Morgan fingerprint density at radius 2 is 1.79 bits per heavy atom. The van der Waals surface area contributed by atoms with E-state index >= 15 is 0 Å². The average Bonchev–Trinajstić information content (AvgIpc) is 3.26. The minimum absolute atomic E-state index is 0.0127. The van der Waals surface area contributed by atoms with E-state index in [1.165, 1.54) is 13.8 Å². The molecular weight excluding hydrogens is 428 g/mol. The van der Waals surface area contributed by atoms with Gasteiger partial charge in [-0.2, -0.15) is 0 Å². The second-order valence-corrected chi connectivity index (χ2v) is 8.50. The van der Waals surface area contributed by atoms with Crippen molar-refractivity contribution in [2.75, 3.05) is 19.8 Å². The Morgan fingerprint density at radius 3 is 2.36 bits per heavy atom. The monoisotopic (exact) mass is 458 g/mol. The molecule has 1 saturated heterocycles. The van der Waals surface area contributed by atoms with Crippen LogP contribution in [0.15, 0.2) is 48.5 Å². The molecule has 8 nitrogen and oxygen atoms in total. The molecule has 2 aromatic rings. The lowest BCUT2D eigenvalue weighted by Gasteiger charge is -2.23. The molecule has 3 N–H and O–H groups in total. The van der Waals surface area contributed by atoms with E-state index < -0.39 is 23.3 Å². The van der Waals surface area contributed by atoms with Crippen molar-refractivity contribution >= 4 is 11.8 Å². The Morgan fingerprint density at radius 1 is 1.12 bits per heavy atom. The van der Waals surface area contributed by atoms with E-state index in [1.54, 1.807) is 42.5 Å². The predicted molar refractivity (Wildman–Crippen MR) is 119 cm³/mol. The van der Waals surface area contributed by atoms with Gasteiger partial charge in [-0.3, -0.25) is 4.79 Å². The standard InChI is InChI=1S/C25H30O8/c1-17(26)24(2,30)19-7-9-21(10-8-19)31-15-20(27)16-32-22-6-3-5-18(13-22)14-25(23(28)29)11-4-12-33-25/h3,5-10,13,20,27,30H,4,11-12,14-16H2,1-2H3,(H,28,29)/t20-,24?,25?/m1/s1. The van der Waals surface area contributed by atoms with Gasteiger partial charge in [-0.05, 0) is 62.1 Å². The average molecular weight is 459 g/mol. The zero-order valence-electron chi connectivity index (χ0n) is 18.8. The van der Waals surface area contributed by atoms with Crippen LogP contribution in [0.2, 0.25) is 0 Å². The molecule has 0 aliphatic carbocycles. The summed E-state index contributed by atoms with van der Waals surface area (Å²) in [5, 5.41) is 30.0. The number of ether oxygens (including phenoxy) is 3. The number of aliphatic hydroxyl groups is 2. The third kappa shape index (κ3) is 6.10. The molecule has 3 atom stereocenters. The number of benzene rings is 2. The molecule has 33 heavy (non-hydrogen) atoms. The number of hydrogen-bond donors (Lipinski definition) is 3. The maximum Gasteiger partial charge on any atom is 0.336 e. The number of Topliss-reactive ketones (excluding diaryl/α,β-unsaturated/α-hetero) is 1. The summed E-state index contributed by atoms with van der Waals surface area (Å²) in [6, 6.07) is 13.5. The number of carbonyl (C=O) groups is 2. The normalized spacial score (nSPS) is 20.6. The van der Waals surface area contributed by atoms with Gasteiger partial charge >= 0.3 is 5.97 Å². The second kappa shape index (κ2) is 10.3. The Bertz CT molecular complexity index is 961. The lowest BCUT2D eigenvalue weighted by molar-refractivity contribution is -0.159. The van der Waals surface area contributed by atoms with Crippen LogP contribution in [-0.2, 0) is 26.3 Å². The zero-order valence-corrected chi connectivity index (χ0v) is 18.8. The van der Waals surface area contributed by atoms with Gasteiger partial charge < -0.3 is 29.5 Å². The molecule has 0 amide bonds. The van der Waals surface area contributed by atoms with Crippen molar-refractivity contribution in [2.45, 2.75) is 50.4 Å². The molecule has 8 heteroatoms. The van der Waals surface area contributed by atoms with Gasteiger partial charge in [0.1, 0.15) is 36.4 Å². The number of carboxylic acid groups (broad SMARTS) is 1. The van der Waals surface area contributed by atoms with Crippen LogP contribution < -0.4 is 9.47 Å². The van der Waals surface area contributed by atoms with E-state index in [1.807, 2.05) is 6.07 Å². The summed E-state index contributed by atoms with van der Waals surface area (Å²) in [5.41, 5.74) is -1.52. The Labute approximate surface area is 192 Å². The van der Waals surface area contributed by atoms with Crippen molar-refractivity contribution in [3.63, 3.8) is 0 Å². The van der Waals surface area contributed by atoms with Crippen LogP contribution in [0.1, 0.15) is 37.8 Å². The van der Waals surface area contributed by atoms with Gasteiger partial charge in [0.15, 0.2) is 11.4 Å². The number of rotatable bonds is 11. The Kier molecular flexibility index (Phi) is 7.73. The summed E-state index contributed by atoms with van der Waals surface area (Å²) in [6.07, 6.45) is 0.527. The van der Waals surface area contributed by atoms with E-state index in [-0.39, 0.29) is 25.4 Å². The quantitative estimate of drug-likeness (QED) is 0.469. The SMILES string of the molecule is CC(=O)C(C)(O)c1ccc(OC[C@@H](O)COc2cccc(CC3(C(=O)O)CCCO3)c2)cc1. The number of carbonyl (C=O) groups excluding carboxylic acids is 1. The largest absolute Gasteiger partial charge is 0.491 e. The minimum atomic E-state index is -1.56. The first kappa shape index (κ1) is 24.7. The van der Waals surface area contributed by atoms with Crippen molar-refractivity contribution in [1.82, 2.24) is 0 Å². The van der Waals surface area contributed by atoms with Crippen LogP contribution in [0.3, 0.4) is 0 Å². The fourth-order valence-corrected chi connectivity index (χ4v) is 3.67. The first-order valence-electron chi connectivity index (χ1n) is 10.9. The Balaban J connectivity index is 1.50. The van der Waals surface area contributed by atoms with E-state index in [4.69, 9.17) is 14.2 Å². The summed E-state index contributed by atoms with van der Waals surface area (Å²) < 4.78 is 16.7. The van der Waals surface area contributed by atoms with Crippen LogP contribution in [-0.4, -0.2) is 58.6 Å². The maximum atomic E-state index is 11.7. The first-order chi connectivity index (χ1) is 15.6. The van der Waals surface area contributed by atoms with Crippen molar-refractivity contribution in [3.05, 3.63) is 59.7 Å². The van der Waals surface area contributed by atoms with Crippen LogP contribution in [0.5, 0.6) is 11.5 Å². The van der Waals surface area contributed by atoms with Crippen molar-refractivity contribution in [3.8, 4) is 11.5 Å². The summed E-state index contributed by atoms with van der Waals surface area (Å²) in [4.78, 5) is 23.2. The number of carboxylic acids is 1. The highest BCUT2D eigenvalue weighted by molar-refractivity contribution is 5.85. The van der Waals surface area contributed by atoms with E-state index in [2.05, 4.69) is 0 Å². The van der Waals surface area contributed by atoms with Gasteiger partial charge in [0.25, 0.3) is 0 Å². The van der Waals surface area contributed by atoms with Crippen LogP contribution in [0.25, 0.3) is 0 Å². The smallest absolute Gasteiger partial charge is 0.336 e. The van der Waals surface area contributed by atoms with Gasteiger partial charge in [0.2, 0.25) is 0 Å². The van der Waals surface area contributed by atoms with E-state index in [9.17, 15) is 24.9 Å². The summed E-state index contributed by atoms with van der Waals surface area (Å²) in [5.74, 6) is -0.325. The number of hydrogen-bond acceptors (Lipinski definition) is 7. The van der Waals surface area contributed by atoms with Gasteiger partial charge in [0, 0.05) is 13.0 Å². The lowest BCUT2D eigenvalue weighted by atomic mass is 9.91. The topological polar surface area (TPSA) is 123 Å². The molecule has 0 saturated carbocycles. The summed E-state index contributed by atoms with van der Waals surface area (Å²) in [7, 11) is 0. The maximum absolute atomic E-state index is 11.7. The molecule has 0 aromatic heterocycles. The molecule has 1 fully saturated rings. The van der Waals surface area contributed by atoms with Crippen LogP contribution in [0, 0.1) is 0 Å². The molecule has 1 heterocycles. The molecule has 1 aliphatic rings. The number of ketones is 1. The molecule has 2 unspecified atom stereocenters. The highest BCUT2D eigenvalue weighted by Crippen LogP contribution is 2.31. The second-order valence-electron chi connectivity index (χ2n) is 8.50. The molecule has 0 spiro atoms. The van der Waals surface area contributed by atoms with Crippen molar-refractivity contribution in [2.24, 2.45) is 0 Å². The minimum Gasteiger partial charge on any atom is -0.491 e. The van der Waals surface area contributed by atoms with Crippen LogP contribution >= 0.6 is 0 Å². The summed E-state index contributed by atoms with van der Waals surface area (Å²) >= 11 is 0. The van der Waals surface area contributed by atoms with Crippen LogP contribution in [0.4, 0.5) is 0 Å². The van der Waals surface area contributed by atoms with E-state index in [0.717, 1.165) is 5.56 Å².